The summed E-state index contributed by atoms with van der Waals surface area (Å²) in [5.41, 5.74) is 2.04. The van der Waals surface area contributed by atoms with Gasteiger partial charge in [0.15, 0.2) is 11.9 Å². The van der Waals surface area contributed by atoms with Gasteiger partial charge in [-0.25, -0.2) is 19.3 Å². The molecule has 4 heterocycles. The van der Waals surface area contributed by atoms with Crippen LogP contribution < -0.4 is 0 Å². The first-order chi connectivity index (χ1) is 14.0. The highest BCUT2D eigenvalue weighted by Crippen LogP contribution is 2.23. The molecule has 4 rings (SSSR count). The third-order valence-electron chi connectivity index (χ3n) is 5.20. The largest absolute Gasteiger partial charge is 0.393 e. The standard InChI is InChI=1S/C20H22FN5O3/c21-14-3-4-18-23-9-16(26(18)11-14)19-22-6-5-15(24-19)8-13-2-1-7-25(10-13)20(29)17(28)12-27/h3-6,9,11,13,17,27-28H,1-2,7-8,10,12H2/t13-,17+/m0/s1. The third-order valence-corrected chi connectivity index (χ3v) is 5.20. The first kappa shape index (κ1) is 19.4. The van der Waals surface area contributed by atoms with Crippen LogP contribution in [0.2, 0.25) is 0 Å². The smallest absolute Gasteiger partial charge is 0.253 e. The van der Waals surface area contributed by atoms with Crippen LogP contribution in [0.4, 0.5) is 4.39 Å². The van der Waals surface area contributed by atoms with Gasteiger partial charge in [0.05, 0.1) is 12.8 Å². The van der Waals surface area contributed by atoms with Crippen molar-refractivity contribution in [2.45, 2.75) is 25.4 Å². The number of rotatable bonds is 5. The number of aliphatic hydroxyl groups is 2. The Kier molecular flexibility index (Phi) is 5.50. The molecule has 0 saturated carbocycles. The molecule has 0 spiro atoms. The van der Waals surface area contributed by atoms with Crippen LogP contribution in [0.15, 0.2) is 36.8 Å². The monoisotopic (exact) mass is 399 g/mol. The van der Waals surface area contributed by atoms with Crippen molar-refractivity contribution in [1.29, 1.82) is 0 Å². The van der Waals surface area contributed by atoms with Gasteiger partial charge in [0.1, 0.15) is 17.2 Å². The Balaban J connectivity index is 1.52. The molecule has 29 heavy (non-hydrogen) atoms. The summed E-state index contributed by atoms with van der Waals surface area (Å²) in [6.07, 6.45) is 5.70. The Morgan fingerprint density at radius 1 is 1.31 bits per heavy atom. The molecule has 2 N–H and O–H groups in total. The number of likely N-dealkylation sites (tertiary alicyclic amines) is 1. The molecular formula is C20H22FN5O3. The van der Waals surface area contributed by atoms with Crippen molar-refractivity contribution >= 4 is 11.6 Å². The van der Waals surface area contributed by atoms with E-state index < -0.39 is 18.6 Å². The zero-order valence-corrected chi connectivity index (χ0v) is 15.8. The van der Waals surface area contributed by atoms with Crippen LogP contribution >= 0.6 is 0 Å². The second-order valence-electron chi connectivity index (χ2n) is 7.29. The number of fused-ring (bicyclic) bond motifs is 1. The molecule has 9 heteroatoms. The van der Waals surface area contributed by atoms with Crippen molar-refractivity contribution in [3.63, 3.8) is 0 Å². The maximum absolute atomic E-state index is 13.6. The maximum Gasteiger partial charge on any atom is 0.253 e. The first-order valence-electron chi connectivity index (χ1n) is 9.58. The van der Waals surface area contributed by atoms with E-state index in [1.54, 1.807) is 27.8 Å². The summed E-state index contributed by atoms with van der Waals surface area (Å²) in [5, 5.41) is 18.6. The SMILES string of the molecule is O=C([C@H](O)CO)N1CCC[C@@H](Cc2ccnc(-c3cnc4ccc(F)cn34)n2)C1. The van der Waals surface area contributed by atoms with Crippen LogP contribution in [-0.4, -0.2) is 66.2 Å². The van der Waals surface area contributed by atoms with E-state index >= 15 is 0 Å². The van der Waals surface area contributed by atoms with Gasteiger partial charge in [0.25, 0.3) is 5.91 Å². The lowest BCUT2D eigenvalue weighted by atomic mass is 9.93. The molecule has 152 valence electrons. The predicted molar refractivity (Wildman–Crippen MR) is 102 cm³/mol. The van der Waals surface area contributed by atoms with Gasteiger partial charge >= 0.3 is 0 Å². The fourth-order valence-corrected chi connectivity index (χ4v) is 3.77. The first-order valence-corrected chi connectivity index (χ1v) is 9.58. The van der Waals surface area contributed by atoms with Gasteiger partial charge < -0.3 is 15.1 Å². The Bertz CT molecular complexity index is 1020. The minimum Gasteiger partial charge on any atom is -0.393 e. The zero-order chi connectivity index (χ0) is 20.4. The lowest BCUT2D eigenvalue weighted by Gasteiger charge is -2.33. The van der Waals surface area contributed by atoms with Gasteiger partial charge in [-0.3, -0.25) is 9.20 Å². The van der Waals surface area contributed by atoms with E-state index in [0.717, 1.165) is 18.5 Å². The van der Waals surface area contributed by atoms with Gasteiger partial charge in [0.2, 0.25) is 0 Å². The molecule has 1 amide bonds. The number of imidazole rings is 1. The predicted octanol–water partition coefficient (Wildman–Crippen LogP) is 1.06. The number of amides is 1. The zero-order valence-electron chi connectivity index (χ0n) is 15.8. The molecule has 0 aliphatic carbocycles. The fourth-order valence-electron chi connectivity index (χ4n) is 3.77. The normalized spacial score (nSPS) is 18.2. The van der Waals surface area contributed by atoms with Crippen molar-refractivity contribution in [3.05, 3.63) is 48.3 Å². The molecule has 1 aliphatic heterocycles. The lowest BCUT2D eigenvalue weighted by Crippen LogP contribution is -2.46. The number of nitrogens with zero attached hydrogens (tertiary/aromatic N) is 5. The molecule has 3 aromatic heterocycles. The molecule has 1 aliphatic rings. The number of hydrogen-bond acceptors (Lipinski definition) is 6. The van der Waals surface area contributed by atoms with Gasteiger partial charge in [-0.1, -0.05) is 0 Å². The lowest BCUT2D eigenvalue weighted by molar-refractivity contribution is -0.144. The Morgan fingerprint density at radius 2 is 2.17 bits per heavy atom. The second-order valence-corrected chi connectivity index (χ2v) is 7.29. The maximum atomic E-state index is 13.6. The Labute approximate surface area is 166 Å². The minimum absolute atomic E-state index is 0.195. The van der Waals surface area contributed by atoms with Crippen molar-refractivity contribution in [2.24, 2.45) is 5.92 Å². The van der Waals surface area contributed by atoms with Crippen molar-refractivity contribution in [1.82, 2.24) is 24.3 Å². The Morgan fingerprint density at radius 3 is 3.00 bits per heavy atom. The average Bonchev–Trinajstić information content (AvgIpc) is 3.16. The quantitative estimate of drug-likeness (QED) is 0.665. The highest BCUT2D eigenvalue weighted by Gasteiger charge is 2.27. The molecule has 0 unspecified atom stereocenters. The van der Waals surface area contributed by atoms with Crippen LogP contribution in [0.25, 0.3) is 17.2 Å². The number of carbonyl (C=O) groups is 1. The third kappa shape index (κ3) is 4.10. The number of aliphatic hydroxyl groups excluding tert-OH is 2. The van der Waals surface area contributed by atoms with Gasteiger partial charge in [0, 0.05) is 31.2 Å². The van der Waals surface area contributed by atoms with E-state index in [0.29, 0.717) is 36.7 Å². The summed E-state index contributed by atoms with van der Waals surface area (Å²) in [7, 11) is 0. The van der Waals surface area contributed by atoms with Crippen LogP contribution in [-0.2, 0) is 11.2 Å². The highest BCUT2D eigenvalue weighted by molar-refractivity contribution is 5.80. The molecular weight excluding hydrogens is 377 g/mol. The molecule has 2 atom stereocenters. The summed E-state index contributed by atoms with van der Waals surface area (Å²) in [6, 6.07) is 4.78. The topological polar surface area (TPSA) is 104 Å². The number of halogens is 1. The molecule has 1 fully saturated rings. The molecule has 0 bridgehead atoms. The summed E-state index contributed by atoms with van der Waals surface area (Å²) >= 11 is 0. The molecule has 0 aromatic carbocycles. The highest BCUT2D eigenvalue weighted by atomic mass is 19.1. The van der Waals surface area contributed by atoms with E-state index in [1.807, 2.05) is 6.07 Å². The van der Waals surface area contributed by atoms with Crippen molar-refractivity contribution in [2.75, 3.05) is 19.7 Å². The van der Waals surface area contributed by atoms with E-state index in [1.165, 1.54) is 12.3 Å². The molecule has 0 radical (unpaired) electrons. The summed E-state index contributed by atoms with van der Waals surface area (Å²) in [5.74, 6) is -0.153. The Hall–Kier alpha value is -2.91. The number of pyridine rings is 1. The summed E-state index contributed by atoms with van der Waals surface area (Å²) in [6.45, 7) is 0.514. The van der Waals surface area contributed by atoms with Gasteiger partial charge in [-0.2, -0.15) is 0 Å². The second kappa shape index (κ2) is 8.22. The summed E-state index contributed by atoms with van der Waals surface area (Å²) in [4.78, 5) is 26.9. The number of hydrogen-bond donors (Lipinski definition) is 2. The fraction of sp³-hybridized carbons (Fsp3) is 0.400. The summed E-state index contributed by atoms with van der Waals surface area (Å²) < 4.78 is 15.2. The van der Waals surface area contributed by atoms with Gasteiger partial charge in [-0.05, 0) is 43.4 Å². The molecule has 8 nitrogen and oxygen atoms in total. The van der Waals surface area contributed by atoms with Crippen molar-refractivity contribution in [3.8, 4) is 11.5 Å². The van der Waals surface area contributed by atoms with Crippen LogP contribution in [0, 0.1) is 11.7 Å². The van der Waals surface area contributed by atoms with Crippen LogP contribution in [0.5, 0.6) is 0 Å². The number of aromatic nitrogens is 4. The molecule has 1 saturated heterocycles. The van der Waals surface area contributed by atoms with Crippen LogP contribution in [0.1, 0.15) is 18.5 Å². The minimum atomic E-state index is -1.37. The van der Waals surface area contributed by atoms with E-state index in [4.69, 9.17) is 5.11 Å². The van der Waals surface area contributed by atoms with E-state index in [2.05, 4.69) is 15.0 Å². The van der Waals surface area contributed by atoms with E-state index in [9.17, 15) is 14.3 Å². The van der Waals surface area contributed by atoms with Crippen molar-refractivity contribution < 1.29 is 19.4 Å². The average molecular weight is 399 g/mol. The molecule has 3 aromatic rings. The van der Waals surface area contributed by atoms with Crippen LogP contribution in [0.3, 0.4) is 0 Å². The number of carbonyl (C=O) groups excluding carboxylic acids is 1. The number of piperidine rings is 1. The van der Waals surface area contributed by atoms with Gasteiger partial charge in [-0.15, -0.1) is 0 Å². The van der Waals surface area contributed by atoms with E-state index in [-0.39, 0.29) is 11.7 Å².